The summed E-state index contributed by atoms with van der Waals surface area (Å²) >= 11 is 1.87. The highest BCUT2D eigenvalue weighted by molar-refractivity contribution is 7.19. The molecule has 0 saturated heterocycles. The van der Waals surface area contributed by atoms with Gasteiger partial charge in [-0.05, 0) is 24.1 Å². The summed E-state index contributed by atoms with van der Waals surface area (Å²) in [7, 11) is 2.05. The van der Waals surface area contributed by atoms with Crippen molar-refractivity contribution in [2.75, 3.05) is 6.54 Å². The molecule has 3 rings (SSSR count). The zero-order chi connectivity index (χ0) is 13.9. The fourth-order valence-corrected chi connectivity index (χ4v) is 3.61. The molecular weight excluding hydrogens is 266 g/mol. The molecule has 0 aliphatic carbocycles. The van der Waals surface area contributed by atoms with Crippen molar-refractivity contribution in [2.45, 2.75) is 19.4 Å². The lowest BCUT2D eigenvalue weighted by Gasteiger charge is -2.16. The largest absolute Gasteiger partial charge is 0.338 e. The standard InChI is InChI=1S/C16H19N3S/c1-3-17-13(11-16-18-8-9-19(16)2)15-10-12-6-4-5-7-14(12)20-15/h4-10,13,17H,3,11H2,1-2H3. The first-order valence-electron chi connectivity index (χ1n) is 6.96. The van der Waals surface area contributed by atoms with Crippen molar-refractivity contribution in [3.05, 3.63) is 53.4 Å². The SMILES string of the molecule is CCNC(Cc1nccn1C)c1cc2ccccc2s1. The molecule has 20 heavy (non-hydrogen) atoms. The summed E-state index contributed by atoms with van der Waals surface area (Å²) in [6, 6.07) is 11.2. The lowest BCUT2D eigenvalue weighted by Crippen LogP contribution is -2.23. The van der Waals surface area contributed by atoms with Crippen molar-refractivity contribution >= 4 is 21.4 Å². The van der Waals surface area contributed by atoms with Gasteiger partial charge in [0.05, 0.1) is 0 Å². The highest BCUT2D eigenvalue weighted by Gasteiger charge is 2.16. The van der Waals surface area contributed by atoms with Gasteiger partial charge in [-0.2, -0.15) is 0 Å². The van der Waals surface area contributed by atoms with Crippen LogP contribution in [0.1, 0.15) is 23.7 Å². The molecule has 104 valence electrons. The Morgan fingerprint density at radius 2 is 2.20 bits per heavy atom. The van der Waals surface area contributed by atoms with Gasteiger partial charge in [0.2, 0.25) is 0 Å². The molecule has 0 spiro atoms. The molecule has 0 amide bonds. The average Bonchev–Trinajstić information content (AvgIpc) is 3.04. The first kappa shape index (κ1) is 13.3. The fourth-order valence-electron chi connectivity index (χ4n) is 2.47. The van der Waals surface area contributed by atoms with E-state index in [9.17, 15) is 0 Å². The predicted octanol–water partition coefficient (Wildman–Crippen LogP) is 3.53. The van der Waals surface area contributed by atoms with E-state index in [4.69, 9.17) is 0 Å². The third-order valence-corrected chi connectivity index (χ3v) is 4.78. The van der Waals surface area contributed by atoms with Crippen LogP contribution in [-0.4, -0.2) is 16.1 Å². The zero-order valence-corrected chi connectivity index (χ0v) is 12.7. The molecule has 0 aliphatic rings. The Hall–Kier alpha value is -1.65. The van der Waals surface area contributed by atoms with Crippen LogP contribution in [0.25, 0.3) is 10.1 Å². The molecule has 0 saturated carbocycles. The van der Waals surface area contributed by atoms with Crippen LogP contribution < -0.4 is 5.32 Å². The van der Waals surface area contributed by atoms with Gasteiger partial charge in [-0.1, -0.05) is 25.1 Å². The maximum absolute atomic E-state index is 4.44. The Balaban J connectivity index is 1.91. The van der Waals surface area contributed by atoms with Crippen LogP contribution >= 0.6 is 11.3 Å². The Labute approximate surface area is 123 Å². The topological polar surface area (TPSA) is 29.9 Å². The number of likely N-dealkylation sites (N-methyl/N-ethyl adjacent to an activating group) is 1. The summed E-state index contributed by atoms with van der Waals surface area (Å²) < 4.78 is 3.45. The number of aryl methyl sites for hydroxylation is 1. The molecule has 2 aromatic heterocycles. The molecule has 3 nitrogen and oxygen atoms in total. The average molecular weight is 285 g/mol. The van der Waals surface area contributed by atoms with Crippen LogP contribution in [0.4, 0.5) is 0 Å². The van der Waals surface area contributed by atoms with Crippen LogP contribution in [0.2, 0.25) is 0 Å². The monoisotopic (exact) mass is 285 g/mol. The molecule has 0 radical (unpaired) electrons. The lowest BCUT2D eigenvalue weighted by molar-refractivity contribution is 0.536. The van der Waals surface area contributed by atoms with Gasteiger partial charge in [-0.3, -0.25) is 0 Å². The Kier molecular flexibility index (Phi) is 3.85. The summed E-state index contributed by atoms with van der Waals surface area (Å²) in [6.07, 6.45) is 4.79. The number of hydrogen-bond donors (Lipinski definition) is 1. The van der Waals surface area contributed by atoms with Gasteiger partial charge in [0, 0.05) is 41.5 Å². The molecule has 2 heterocycles. The minimum Gasteiger partial charge on any atom is -0.338 e. The van der Waals surface area contributed by atoms with E-state index >= 15 is 0 Å². The van der Waals surface area contributed by atoms with Gasteiger partial charge in [0.25, 0.3) is 0 Å². The van der Waals surface area contributed by atoms with E-state index in [1.807, 2.05) is 23.7 Å². The van der Waals surface area contributed by atoms with Crippen molar-refractivity contribution < 1.29 is 0 Å². The number of hydrogen-bond acceptors (Lipinski definition) is 3. The van der Waals surface area contributed by atoms with Crippen LogP contribution in [-0.2, 0) is 13.5 Å². The second-order valence-electron chi connectivity index (χ2n) is 4.96. The fraction of sp³-hybridized carbons (Fsp3) is 0.312. The van der Waals surface area contributed by atoms with Crippen LogP contribution in [0.5, 0.6) is 0 Å². The number of imidazole rings is 1. The van der Waals surface area contributed by atoms with Crippen LogP contribution in [0.3, 0.4) is 0 Å². The molecular formula is C16H19N3S. The molecule has 1 N–H and O–H groups in total. The number of nitrogens with one attached hydrogen (secondary N) is 1. The zero-order valence-electron chi connectivity index (χ0n) is 11.8. The summed E-state index contributed by atoms with van der Waals surface area (Å²) in [5, 5.41) is 4.91. The molecule has 0 aliphatic heterocycles. The Bertz CT molecular complexity index is 665. The van der Waals surface area contributed by atoms with Crippen molar-refractivity contribution in [1.82, 2.24) is 14.9 Å². The van der Waals surface area contributed by atoms with Crippen molar-refractivity contribution in [3.63, 3.8) is 0 Å². The lowest BCUT2D eigenvalue weighted by atomic mass is 10.1. The van der Waals surface area contributed by atoms with E-state index in [1.165, 1.54) is 15.0 Å². The van der Waals surface area contributed by atoms with Gasteiger partial charge in [-0.25, -0.2) is 4.98 Å². The van der Waals surface area contributed by atoms with Crippen molar-refractivity contribution in [3.8, 4) is 0 Å². The second-order valence-corrected chi connectivity index (χ2v) is 6.07. The molecule has 4 heteroatoms. The molecule has 3 aromatic rings. The molecule has 0 fully saturated rings. The van der Waals surface area contributed by atoms with Gasteiger partial charge >= 0.3 is 0 Å². The Morgan fingerprint density at radius 1 is 1.35 bits per heavy atom. The smallest absolute Gasteiger partial charge is 0.110 e. The Morgan fingerprint density at radius 3 is 2.90 bits per heavy atom. The summed E-state index contributed by atoms with van der Waals surface area (Å²) in [5.74, 6) is 1.12. The van der Waals surface area contributed by atoms with Crippen molar-refractivity contribution in [1.29, 1.82) is 0 Å². The van der Waals surface area contributed by atoms with E-state index < -0.39 is 0 Å². The first-order valence-corrected chi connectivity index (χ1v) is 7.77. The van der Waals surface area contributed by atoms with Gasteiger partial charge in [-0.15, -0.1) is 11.3 Å². The maximum Gasteiger partial charge on any atom is 0.110 e. The minimum atomic E-state index is 0.332. The number of benzene rings is 1. The summed E-state index contributed by atoms with van der Waals surface area (Å²) in [5.41, 5.74) is 0. The van der Waals surface area contributed by atoms with Gasteiger partial charge in [0.15, 0.2) is 0 Å². The van der Waals surface area contributed by atoms with Gasteiger partial charge < -0.3 is 9.88 Å². The third kappa shape index (κ3) is 2.62. The van der Waals surface area contributed by atoms with Gasteiger partial charge in [0.1, 0.15) is 5.82 Å². The quantitative estimate of drug-likeness (QED) is 0.777. The number of fused-ring (bicyclic) bond motifs is 1. The third-order valence-electron chi connectivity index (χ3n) is 3.55. The number of thiophene rings is 1. The van der Waals surface area contributed by atoms with E-state index in [1.54, 1.807) is 0 Å². The van der Waals surface area contributed by atoms with E-state index in [0.717, 1.165) is 18.8 Å². The van der Waals surface area contributed by atoms with E-state index in [2.05, 4.69) is 59.2 Å². The summed E-state index contributed by atoms with van der Waals surface area (Å²) in [6.45, 7) is 3.11. The second kappa shape index (κ2) is 5.77. The molecule has 1 aromatic carbocycles. The maximum atomic E-state index is 4.44. The highest BCUT2D eigenvalue weighted by Crippen LogP contribution is 2.31. The van der Waals surface area contributed by atoms with E-state index in [-0.39, 0.29) is 0 Å². The van der Waals surface area contributed by atoms with Crippen LogP contribution in [0.15, 0.2) is 42.7 Å². The molecule has 1 unspecified atom stereocenters. The molecule has 1 atom stereocenters. The predicted molar refractivity (Wildman–Crippen MR) is 85.2 cm³/mol. The highest BCUT2D eigenvalue weighted by atomic mass is 32.1. The minimum absolute atomic E-state index is 0.332. The number of nitrogens with zero attached hydrogens (tertiary/aromatic N) is 2. The number of rotatable bonds is 5. The van der Waals surface area contributed by atoms with Crippen molar-refractivity contribution in [2.24, 2.45) is 7.05 Å². The number of aromatic nitrogens is 2. The van der Waals surface area contributed by atoms with E-state index in [0.29, 0.717) is 6.04 Å². The first-order chi connectivity index (χ1) is 9.78. The van der Waals surface area contributed by atoms with Crippen LogP contribution in [0, 0.1) is 0 Å². The summed E-state index contributed by atoms with van der Waals surface area (Å²) in [4.78, 5) is 5.83. The normalized spacial score (nSPS) is 12.9. The molecule has 0 bridgehead atoms.